The van der Waals surface area contributed by atoms with Gasteiger partial charge in [0, 0.05) is 11.8 Å². The van der Waals surface area contributed by atoms with E-state index in [1.165, 1.54) is 12.1 Å². The number of amides is 1. The first-order valence-electron chi connectivity index (χ1n) is 10.3. The second-order valence-corrected chi connectivity index (χ2v) is 10.1. The maximum absolute atomic E-state index is 12.9. The van der Waals surface area contributed by atoms with Crippen LogP contribution in [-0.4, -0.2) is 27.8 Å². The van der Waals surface area contributed by atoms with Gasteiger partial charge in [-0.15, -0.1) is 0 Å². The van der Waals surface area contributed by atoms with E-state index in [0.29, 0.717) is 17.7 Å². The Morgan fingerprint density at radius 2 is 1.79 bits per heavy atom. The van der Waals surface area contributed by atoms with Gasteiger partial charge in [0.1, 0.15) is 17.5 Å². The first-order valence-corrected chi connectivity index (χ1v) is 10.7. The van der Waals surface area contributed by atoms with E-state index in [0.717, 1.165) is 6.20 Å². The molecular weight excluding hydrogens is 459 g/mol. The Bertz CT molecular complexity index is 991. The molecule has 0 aliphatic heterocycles. The minimum Gasteiger partial charge on any atom is -0.488 e. The molecule has 1 aromatic heterocycles. The fourth-order valence-corrected chi connectivity index (χ4v) is 4.12. The third kappa shape index (κ3) is 7.48. The second-order valence-electron chi connectivity index (χ2n) is 9.68. The zero-order chi connectivity index (χ0) is 25.2. The molecule has 33 heavy (non-hydrogen) atoms. The number of hydrogen-bond donors (Lipinski definition) is 1. The maximum atomic E-state index is 12.9. The molecule has 0 fully saturated rings. The van der Waals surface area contributed by atoms with Crippen molar-refractivity contribution in [3.8, 4) is 17.0 Å². The van der Waals surface area contributed by atoms with Crippen LogP contribution >= 0.6 is 11.6 Å². The van der Waals surface area contributed by atoms with Gasteiger partial charge in [0.2, 0.25) is 5.82 Å². The highest BCUT2D eigenvalue weighted by Gasteiger charge is 2.37. The predicted octanol–water partition coefficient (Wildman–Crippen LogP) is 6.51. The van der Waals surface area contributed by atoms with Crippen LogP contribution in [0, 0.1) is 11.3 Å². The van der Waals surface area contributed by atoms with E-state index in [1.54, 1.807) is 26.0 Å². The zero-order valence-corrected chi connectivity index (χ0v) is 20.2. The van der Waals surface area contributed by atoms with Crippen LogP contribution in [0.25, 0.3) is 11.3 Å². The Labute approximate surface area is 196 Å². The van der Waals surface area contributed by atoms with Crippen molar-refractivity contribution in [1.82, 2.24) is 9.97 Å². The van der Waals surface area contributed by atoms with Crippen molar-refractivity contribution in [3.05, 3.63) is 41.3 Å². The van der Waals surface area contributed by atoms with Crippen LogP contribution in [0.1, 0.15) is 53.8 Å². The molecule has 0 aliphatic carbocycles. The van der Waals surface area contributed by atoms with Crippen molar-refractivity contribution in [3.63, 3.8) is 0 Å². The lowest BCUT2D eigenvalue weighted by atomic mass is 9.78. The van der Waals surface area contributed by atoms with Crippen molar-refractivity contribution in [2.24, 2.45) is 17.1 Å². The van der Waals surface area contributed by atoms with E-state index in [4.69, 9.17) is 26.8 Å². The van der Waals surface area contributed by atoms with Gasteiger partial charge in [-0.3, -0.25) is 0 Å². The van der Waals surface area contributed by atoms with Crippen LogP contribution in [0.3, 0.4) is 0 Å². The summed E-state index contributed by atoms with van der Waals surface area (Å²) < 4.78 is 50.3. The molecule has 0 aliphatic rings. The van der Waals surface area contributed by atoms with E-state index in [9.17, 15) is 18.0 Å². The molecule has 10 heteroatoms. The van der Waals surface area contributed by atoms with Crippen molar-refractivity contribution >= 4 is 17.7 Å². The number of aromatic nitrogens is 2. The number of primary amides is 1. The molecule has 0 unspecified atom stereocenters. The molecule has 2 aromatic rings. The number of nitrogens with zero attached hydrogens (tertiary/aromatic N) is 2. The van der Waals surface area contributed by atoms with Gasteiger partial charge in [0.15, 0.2) is 0 Å². The number of halogens is 4. The molecule has 0 spiro atoms. The minimum atomic E-state index is -4.65. The molecule has 2 rings (SSSR count). The lowest BCUT2D eigenvalue weighted by molar-refractivity contribution is -0.144. The third-order valence-corrected chi connectivity index (χ3v) is 5.25. The molecule has 6 nitrogen and oxygen atoms in total. The van der Waals surface area contributed by atoms with Crippen LogP contribution in [-0.2, 0) is 10.9 Å². The number of ether oxygens (including phenoxy) is 2. The molecule has 0 radical (unpaired) electrons. The standard InChI is InChI=1S/C23H29ClF3N3O3/c1-13(12-22(5,6)33-20(28)31)18(21(2,3)4)32-17-8-7-14(11-15(17)24)16-9-10-29-19(30-16)23(25,26)27/h7-11,13,18H,12H2,1-6H3,(H2,28,31)/t13-,18-/m0/s1. The molecular formula is C23H29ClF3N3O3. The summed E-state index contributed by atoms with van der Waals surface area (Å²) in [5.41, 5.74) is 4.56. The quantitative estimate of drug-likeness (QED) is 0.481. The zero-order valence-electron chi connectivity index (χ0n) is 19.5. The number of carbonyl (C=O) groups is 1. The Morgan fingerprint density at radius 3 is 2.30 bits per heavy atom. The van der Waals surface area contributed by atoms with E-state index < -0.39 is 23.7 Å². The topological polar surface area (TPSA) is 87.3 Å². The Morgan fingerprint density at radius 1 is 1.15 bits per heavy atom. The number of carbonyl (C=O) groups excluding carboxylic acids is 1. The summed E-state index contributed by atoms with van der Waals surface area (Å²) in [5, 5.41) is 0.230. The van der Waals surface area contributed by atoms with Crippen molar-refractivity contribution in [2.75, 3.05) is 0 Å². The smallest absolute Gasteiger partial charge is 0.451 e. The lowest BCUT2D eigenvalue weighted by Gasteiger charge is -2.38. The number of nitrogens with two attached hydrogens (primary N) is 1. The average molecular weight is 488 g/mol. The summed E-state index contributed by atoms with van der Waals surface area (Å²) in [6.45, 7) is 11.6. The molecule has 0 bridgehead atoms. The molecule has 0 saturated carbocycles. The largest absolute Gasteiger partial charge is 0.488 e. The van der Waals surface area contributed by atoms with Gasteiger partial charge in [-0.2, -0.15) is 13.2 Å². The maximum Gasteiger partial charge on any atom is 0.451 e. The fraction of sp³-hybridized carbons (Fsp3) is 0.522. The Hall–Kier alpha value is -2.55. The molecule has 0 saturated heterocycles. The van der Waals surface area contributed by atoms with Gasteiger partial charge in [-0.1, -0.05) is 39.3 Å². The summed E-state index contributed by atoms with van der Waals surface area (Å²) in [5.74, 6) is -0.906. The summed E-state index contributed by atoms with van der Waals surface area (Å²) in [7, 11) is 0. The molecule has 2 N–H and O–H groups in total. The number of rotatable bonds is 7. The molecule has 1 amide bonds. The van der Waals surface area contributed by atoms with Gasteiger partial charge < -0.3 is 15.2 Å². The Kier molecular flexibility index (Phi) is 7.89. The van der Waals surface area contributed by atoms with E-state index in [1.807, 2.05) is 27.7 Å². The Balaban J connectivity index is 2.29. The van der Waals surface area contributed by atoms with Crippen LogP contribution in [0.4, 0.5) is 18.0 Å². The fourth-order valence-electron chi connectivity index (χ4n) is 3.89. The van der Waals surface area contributed by atoms with Gasteiger partial charge >= 0.3 is 12.3 Å². The molecule has 2 atom stereocenters. The molecule has 182 valence electrons. The van der Waals surface area contributed by atoms with Crippen LogP contribution in [0.5, 0.6) is 5.75 Å². The van der Waals surface area contributed by atoms with Gasteiger partial charge in [0.05, 0.1) is 10.7 Å². The van der Waals surface area contributed by atoms with Gasteiger partial charge in [0.25, 0.3) is 0 Å². The van der Waals surface area contributed by atoms with Crippen molar-refractivity contribution < 1.29 is 27.4 Å². The van der Waals surface area contributed by atoms with Gasteiger partial charge in [-0.25, -0.2) is 14.8 Å². The first kappa shape index (κ1) is 26.7. The third-order valence-electron chi connectivity index (χ3n) is 4.95. The second kappa shape index (κ2) is 9.75. The summed E-state index contributed by atoms with van der Waals surface area (Å²) in [6, 6.07) is 6.07. The van der Waals surface area contributed by atoms with Gasteiger partial charge in [-0.05, 0) is 55.9 Å². The summed E-state index contributed by atoms with van der Waals surface area (Å²) >= 11 is 6.43. The SMILES string of the molecule is C[C@@H](CC(C)(C)OC(N)=O)[C@H](Oc1ccc(-c2ccnc(C(F)(F)F)n2)cc1Cl)C(C)(C)C. The van der Waals surface area contributed by atoms with E-state index >= 15 is 0 Å². The van der Waals surface area contributed by atoms with Crippen LogP contribution in [0.15, 0.2) is 30.5 Å². The highest BCUT2D eigenvalue weighted by atomic mass is 35.5. The highest BCUT2D eigenvalue weighted by Crippen LogP contribution is 2.38. The number of alkyl halides is 3. The lowest BCUT2D eigenvalue weighted by Crippen LogP contribution is -2.42. The highest BCUT2D eigenvalue weighted by molar-refractivity contribution is 6.32. The first-order chi connectivity index (χ1) is 15.0. The van der Waals surface area contributed by atoms with Crippen molar-refractivity contribution in [2.45, 2.75) is 65.8 Å². The minimum absolute atomic E-state index is 0.0636. The number of hydrogen-bond acceptors (Lipinski definition) is 5. The summed E-state index contributed by atoms with van der Waals surface area (Å²) in [4.78, 5) is 18.1. The number of benzene rings is 1. The normalized spacial score (nSPS) is 14.5. The monoisotopic (exact) mass is 487 g/mol. The van der Waals surface area contributed by atoms with E-state index in [2.05, 4.69) is 9.97 Å². The summed E-state index contributed by atoms with van der Waals surface area (Å²) in [6.07, 6.45) is -4.29. The average Bonchev–Trinajstić information content (AvgIpc) is 2.63. The van der Waals surface area contributed by atoms with E-state index in [-0.39, 0.29) is 28.2 Å². The van der Waals surface area contributed by atoms with Crippen molar-refractivity contribution in [1.29, 1.82) is 0 Å². The van der Waals surface area contributed by atoms with Crippen LogP contribution < -0.4 is 10.5 Å². The molecule has 1 aromatic carbocycles. The molecule has 1 heterocycles. The van der Waals surface area contributed by atoms with Crippen LogP contribution in [0.2, 0.25) is 5.02 Å². The predicted molar refractivity (Wildman–Crippen MR) is 120 cm³/mol.